The summed E-state index contributed by atoms with van der Waals surface area (Å²) in [6.07, 6.45) is 9.75. The molecule has 5 rings (SSSR count). The number of carboxylic acids is 1. The minimum Gasteiger partial charge on any atom is -0.778 e. The lowest BCUT2D eigenvalue weighted by Crippen LogP contribution is -2.43. The number of imide groups is 1. The molecular weight excluding hydrogens is 1030 g/mol. The van der Waals surface area contributed by atoms with E-state index in [4.69, 9.17) is 59.0 Å². The highest BCUT2D eigenvalue weighted by atomic mass is 35.5. The minimum absolute atomic E-state index is 0.00962. The highest BCUT2D eigenvalue weighted by Gasteiger charge is 2.40. The Hall–Kier alpha value is -4.31. The van der Waals surface area contributed by atoms with Crippen LogP contribution >= 0.6 is 42.4 Å². The fourth-order valence-corrected chi connectivity index (χ4v) is 7.26. The van der Waals surface area contributed by atoms with E-state index < -0.39 is 44.2 Å². The summed E-state index contributed by atoms with van der Waals surface area (Å²) in [7, 11) is -2.07. The van der Waals surface area contributed by atoms with E-state index in [9.17, 15) is 33.0 Å². The molecule has 1 aliphatic carbocycles. The number of hydrogen-bond donors (Lipinski definition) is 5. The van der Waals surface area contributed by atoms with Gasteiger partial charge in [-0.05, 0) is 126 Å². The van der Waals surface area contributed by atoms with Gasteiger partial charge in [0.15, 0.2) is 5.76 Å². The molecule has 2 atom stereocenters. The van der Waals surface area contributed by atoms with Crippen molar-refractivity contribution in [2.75, 3.05) is 78.2 Å². The first-order valence-corrected chi connectivity index (χ1v) is 27.9. The number of ether oxygens (including phenoxy) is 3. The largest absolute Gasteiger partial charge is 0.778 e. The fraction of sp³-hybridized carbons (Fsp3) is 0.543. The first-order valence-electron chi connectivity index (χ1n) is 22.4. The Morgan fingerprint density at radius 2 is 1.68 bits per heavy atom. The number of carbonyl (C=O) groups excluding carboxylic acids is 3. The Bertz CT molecular complexity index is 2290. The van der Waals surface area contributed by atoms with E-state index in [0.717, 1.165) is 61.5 Å². The van der Waals surface area contributed by atoms with Crippen molar-refractivity contribution in [3.8, 4) is 5.75 Å². The quantitative estimate of drug-likeness (QED) is 0.0369. The molecular formula is C46H69Cl3FN8O11PS. The van der Waals surface area contributed by atoms with Crippen molar-refractivity contribution in [3.63, 3.8) is 0 Å². The number of anilines is 4. The first kappa shape index (κ1) is 64.7. The SMILES string of the molecule is CC(C)=C1OC(=O)N(c2cc(OC3CCCC3)c(Cl)cc2F)C1=O.CCNc1nc(Cl)nc(NC(C)C)n1.CCc1cccc(C)c1N(C(=O)CCl)C(C)COC.C[S+](C)C.O=C(O)CNCP(=O)([O-])O. The number of nitrogens with zero attached hydrogens (tertiary/aromatic N) is 5. The van der Waals surface area contributed by atoms with Crippen molar-refractivity contribution in [1.82, 2.24) is 20.3 Å². The molecule has 2 aliphatic rings. The molecule has 71 heavy (non-hydrogen) atoms. The molecule has 25 heteroatoms. The standard InChI is InChI=1S/C17H17ClFNO4.C15H22ClNO2.C8H14ClN5.C3H8NO5P.C3H9S/c1-9(2)15-16(21)20(17(22)24-15)13-8-14(11(18)7-12(13)19)23-10-5-3-4-6-10;1-5-13-8-6-7-11(2)15(13)17(14(18)9-16)12(3)10-19-4;1-4-10-7-12-6(9)13-8(14-7)11-5(2)3;5-3(6)1-4-2-10(7,8)9;1-4(2)3/h7-8,10H,3-6H2,1-2H3;6-8,12H,5,9-10H2,1-4H3;5H,4H2,1-3H3,(H2,10,11,12,13,14);4H,1-2H2,(H,5,6)(H2,7,8,9);1-3H3/q;;;;+1/p-1. The molecule has 398 valence electrons. The van der Waals surface area contributed by atoms with Crippen LogP contribution in [0.2, 0.25) is 10.3 Å². The lowest BCUT2D eigenvalue weighted by Gasteiger charge is -2.31. The van der Waals surface area contributed by atoms with E-state index in [2.05, 4.69) is 57.3 Å². The van der Waals surface area contributed by atoms with Crippen LogP contribution in [-0.4, -0.2) is 125 Å². The molecule has 2 fully saturated rings. The Morgan fingerprint density at radius 1 is 1.07 bits per heavy atom. The van der Waals surface area contributed by atoms with E-state index >= 15 is 0 Å². The number of amides is 3. The number of benzene rings is 2. The van der Waals surface area contributed by atoms with Crippen molar-refractivity contribution in [1.29, 1.82) is 0 Å². The van der Waals surface area contributed by atoms with Crippen molar-refractivity contribution in [3.05, 3.63) is 68.9 Å². The van der Waals surface area contributed by atoms with Crippen molar-refractivity contribution < 1.29 is 57.2 Å². The van der Waals surface area contributed by atoms with Gasteiger partial charge in [0, 0.05) is 25.8 Å². The average molecular weight is 1100 g/mol. The van der Waals surface area contributed by atoms with Gasteiger partial charge < -0.3 is 49.2 Å². The van der Waals surface area contributed by atoms with Crippen molar-refractivity contribution in [2.45, 2.75) is 106 Å². The molecule has 1 aliphatic heterocycles. The predicted molar refractivity (Wildman–Crippen MR) is 280 cm³/mol. The number of rotatable bonds is 17. The molecule has 0 radical (unpaired) electrons. The number of carbonyl (C=O) groups is 4. The van der Waals surface area contributed by atoms with Crippen LogP contribution in [0.5, 0.6) is 5.75 Å². The molecule has 5 N–H and O–H groups in total. The van der Waals surface area contributed by atoms with Crippen LogP contribution in [0, 0.1) is 12.7 Å². The smallest absolute Gasteiger partial charge is 0.427 e. The van der Waals surface area contributed by atoms with E-state index in [-0.39, 0.29) is 57.5 Å². The van der Waals surface area contributed by atoms with Crippen LogP contribution in [0.4, 0.5) is 32.5 Å². The topological polar surface area (TPSA) is 258 Å². The number of allylic oxidation sites excluding steroid dienone is 1. The summed E-state index contributed by atoms with van der Waals surface area (Å²) in [6.45, 7) is 16.1. The van der Waals surface area contributed by atoms with Crippen molar-refractivity contribution in [2.24, 2.45) is 0 Å². The maximum Gasteiger partial charge on any atom is 0.427 e. The molecule has 3 amide bonds. The molecule has 1 saturated carbocycles. The number of hydrogen-bond acceptors (Lipinski definition) is 15. The van der Waals surface area contributed by atoms with Gasteiger partial charge in [0.05, 0.1) is 66.7 Å². The number of carboxylic acid groups (broad SMARTS) is 1. The zero-order chi connectivity index (χ0) is 54.2. The number of para-hydroxylation sites is 1. The number of alkyl halides is 1. The van der Waals surface area contributed by atoms with Gasteiger partial charge in [-0.2, -0.15) is 15.0 Å². The minimum atomic E-state index is -4.35. The first-order chi connectivity index (χ1) is 33.2. The Balaban J connectivity index is 0.000000482. The van der Waals surface area contributed by atoms with Crippen LogP contribution < -0.4 is 35.4 Å². The third-order valence-electron chi connectivity index (χ3n) is 9.18. The molecule has 19 nitrogen and oxygen atoms in total. The number of halogens is 4. The second kappa shape index (κ2) is 32.7. The molecule has 2 unspecified atom stereocenters. The maximum absolute atomic E-state index is 14.3. The number of nitrogens with one attached hydrogen (secondary N) is 3. The average Bonchev–Trinajstić information content (AvgIpc) is 3.88. The summed E-state index contributed by atoms with van der Waals surface area (Å²) >= 11 is 17.5. The summed E-state index contributed by atoms with van der Waals surface area (Å²) < 4.78 is 40.2. The van der Waals surface area contributed by atoms with Crippen molar-refractivity contribution >= 4 is 100 Å². The molecule has 2 aromatic carbocycles. The molecule has 1 saturated heterocycles. The highest BCUT2D eigenvalue weighted by Crippen LogP contribution is 2.38. The summed E-state index contributed by atoms with van der Waals surface area (Å²) in [5.74, 6) is -1.62. The number of aliphatic carboxylic acids is 1. The second-order valence-corrected chi connectivity index (χ2v) is 21.7. The normalized spacial score (nSPS) is 14.3. The fourth-order valence-electron chi connectivity index (χ4n) is 6.39. The van der Waals surface area contributed by atoms with Gasteiger partial charge in [-0.15, -0.1) is 11.6 Å². The summed E-state index contributed by atoms with van der Waals surface area (Å²) in [5.41, 5.74) is 3.52. The van der Waals surface area contributed by atoms with Gasteiger partial charge in [-0.1, -0.05) is 36.7 Å². The lowest BCUT2D eigenvalue weighted by atomic mass is 10.0. The molecule has 2 heterocycles. The predicted octanol–water partition coefficient (Wildman–Crippen LogP) is 8.18. The van der Waals surface area contributed by atoms with E-state index in [1.165, 1.54) is 6.07 Å². The third kappa shape index (κ3) is 23.9. The van der Waals surface area contributed by atoms with Crippen LogP contribution in [0.1, 0.15) is 85.3 Å². The van der Waals surface area contributed by atoms with Gasteiger partial charge in [-0.25, -0.2) is 14.1 Å². The Labute approximate surface area is 434 Å². The molecule has 0 bridgehead atoms. The van der Waals surface area contributed by atoms with Gasteiger partial charge >= 0.3 is 18.0 Å². The van der Waals surface area contributed by atoms with Gasteiger partial charge in [0.2, 0.25) is 23.1 Å². The van der Waals surface area contributed by atoms with E-state index in [0.29, 0.717) is 39.9 Å². The van der Waals surface area contributed by atoms with E-state index in [1.54, 1.807) is 25.9 Å². The molecule has 0 spiro atoms. The molecule has 3 aromatic rings. The maximum atomic E-state index is 14.3. The molecule has 1 aromatic heterocycles. The lowest BCUT2D eigenvalue weighted by molar-refractivity contribution is -0.193. The Morgan fingerprint density at radius 3 is 2.17 bits per heavy atom. The third-order valence-corrected chi connectivity index (χ3v) is 10.5. The Kier molecular flexibility index (Phi) is 29.8. The zero-order valence-electron chi connectivity index (χ0n) is 42.4. The number of aromatic nitrogens is 3. The summed E-state index contributed by atoms with van der Waals surface area (Å²) in [4.78, 5) is 78.7. The van der Waals surface area contributed by atoms with E-state index in [1.807, 2.05) is 52.1 Å². The summed E-state index contributed by atoms with van der Waals surface area (Å²) in [5, 5.41) is 16.3. The summed E-state index contributed by atoms with van der Waals surface area (Å²) in [6, 6.07) is 8.64. The number of cyclic esters (lactones) is 1. The number of aryl methyl sites for hydroxylation is 2. The monoisotopic (exact) mass is 1100 g/mol. The highest BCUT2D eigenvalue weighted by molar-refractivity contribution is 7.94. The second-order valence-electron chi connectivity index (χ2n) is 16.7. The van der Waals surface area contributed by atoms with Gasteiger partial charge in [-0.3, -0.25) is 19.7 Å². The number of methoxy groups -OCH3 is 1. The van der Waals surface area contributed by atoms with Crippen LogP contribution in [-0.2, 0) is 45.7 Å². The van der Waals surface area contributed by atoms with Crippen LogP contribution in [0.15, 0.2) is 41.7 Å². The van der Waals surface area contributed by atoms with Gasteiger partial charge in [0.25, 0.3) is 0 Å². The van der Waals surface area contributed by atoms with Crippen LogP contribution in [0.25, 0.3) is 0 Å². The van der Waals surface area contributed by atoms with Crippen LogP contribution in [0.3, 0.4) is 0 Å². The zero-order valence-corrected chi connectivity index (χ0v) is 46.3. The van der Waals surface area contributed by atoms with Gasteiger partial charge in [0.1, 0.15) is 25.0 Å².